The Bertz CT molecular complexity index is 1050. The topological polar surface area (TPSA) is 73.5 Å². The molecule has 6 nitrogen and oxygen atoms in total. The largest absolute Gasteiger partial charge is 0.464 e. The minimum absolute atomic E-state index is 0.248. The summed E-state index contributed by atoms with van der Waals surface area (Å²) in [5.74, 6) is 2.00. The zero-order chi connectivity index (χ0) is 15.8. The monoisotopic (exact) mass is 325 g/mol. The van der Waals surface area contributed by atoms with E-state index in [1.165, 1.54) is 28.6 Å². The predicted molar refractivity (Wildman–Crippen MR) is 88.0 cm³/mol. The van der Waals surface area contributed by atoms with Crippen LogP contribution >= 0.6 is 11.3 Å². The Hall–Kier alpha value is -2.93. The second-order valence-corrected chi connectivity index (χ2v) is 5.75. The molecule has 0 saturated heterocycles. The first kappa shape index (κ1) is 13.7. The molecular weight excluding hydrogens is 314 g/mol. The van der Waals surface area contributed by atoms with Gasteiger partial charge in [-0.15, -0.1) is 11.3 Å². The van der Waals surface area contributed by atoms with E-state index < -0.39 is 0 Å². The molecule has 7 heteroatoms. The highest BCUT2D eigenvalue weighted by atomic mass is 32.1. The second kappa shape index (κ2) is 5.36. The van der Waals surface area contributed by atoms with Crippen LogP contribution in [0.15, 0.2) is 61.0 Å². The van der Waals surface area contributed by atoms with Crippen molar-refractivity contribution >= 4 is 27.8 Å². The fraction of sp³-hybridized carbons (Fsp3) is 0.0625. The Morgan fingerprint density at radius 2 is 2.26 bits per heavy atom. The van der Waals surface area contributed by atoms with Crippen molar-refractivity contribution in [2.24, 2.45) is 5.10 Å². The van der Waals surface area contributed by atoms with Gasteiger partial charge in [0.05, 0.1) is 17.9 Å². The Morgan fingerprint density at radius 3 is 3.00 bits per heavy atom. The van der Waals surface area contributed by atoms with Crippen LogP contribution < -0.4 is 5.56 Å². The van der Waals surface area contributed by atoms with Gasteiger partial charge in [-0.05, 0) is 31.2 Å². The van der Waals surface area contributed by atoms with Gasteiger partial charge in [-0.2, -0.15) is 9.78 Å². The van der Waals surface area contributed by atoms with E-state index >= 15 is 0 Å². The molecule has 0 amide bonds. The number of thiophene rings is 1. The van der Waals surface area contributed by atoms with Gasteiger partial charge in [-0.25, -0.2) is 4.98 Å². The molecule has 23 heavy (non-hydrogen) atoms. The molecule has 0 N–H and O–H groups in total. The van der Waals surface area contributed by atoms with Gasteiger partial charge in [-0.1, -0.05) is 0 Å². The van der Waals surface area contributed by atoms with Crippen molar-refractivity contribution < 1.29 is 8.83 Å². The Labute approximate surface area is 134 Å². The number of fused-ring (bicyclic) bond motifs is 1. The molecule has 4 aromatic rings. The Morgan fingerprint density at radius 1 is 1.35 bits per heavy atom. The summed E-state index contributed by atoms with van der Waals surface area (Å²) < 4.78 is 12.0. The number of rotatable bonds is 3. The summed E-state index contributed by atoms with van der Waals surface area (Å²) in [7, 11) is 0. The van der Waals surface area contributed by atoms with E-state index in [0.29, 0.717) is 21.7 Å². The predicted octanol–water partition coefficient (Wildman–Crippen LogP) is 3.50. The van der Waals surface area contributed by atoms with Gasteiger partial charge >= 0.3 is 0 Å². The average molecular weight is 325 g/mol. The lowest BCUT2D eigenvalue weighted by Crippen LogP contribution is -2.16. The molecule has 0 saturated carbocycles. The molecule has 0 aliphatic carbocycles. The first-order valence-corrected chi connectivity index (χ1v) is 7.74. The van der Waals surface area contributed by atoms with Gasteiger partial charge < -0.3 is 8.83 Å². The van der Waals surface area contributed by atoms with Crippen LogP contribution in [-0.4, -0.2) is 15.9 Å². The minimum atomic E-state index is -0.248. The molecule has 0 aromatic carbocycles. The van der Waals surface area contributed by atoms with Gasteiger partial charge in [-0.3, -0.25) is 4.79 Å². The van der Waals surface area contributed by atoms with Gasteiger partial charge in [0, 0.05) is 10.9 Å². The fourth-order valence-electron chi connectivity index (χ4n) is 2.26. The molecule has 0 fully saturated rings. The van der Waals surface area contributed by atoms with E-state index in [9.17, 15) is 4.79 Å². The Balaban J connectivity index is 1.83. The number of aryl methyl sites for hydroxylation is 1. The van der Waals surface area contributed by atoms with Gasteiger partial charge in [0.1, 0.15) is 28.4 Å². The normalized spacial score (nSPS) is 11.7. The minimum Gasteiger partial charge on any atom is -0.464 e. The van der Waals surface area contributed by atoms with E-state index in [4.69, 9.17) is 8.83 Å². The molecule has 0 bridgehead atoms. The number of hydrogen-bond donors (Lipinski definition) is 0. The molecular formula is C16H11N3O3S. The van der Waals surface area contributed by atoms with E-state index in [1.807, 2.05) is 24.4 Å². The van der Waals surface area contributed by atoms with Crippen molar-refractivity contribution in [3.8, 4) is 11.3 Å². The lowest BCUT2D eigenvalue weighted by Gasteiger charge is -1.98. The summed E-state index contributed by atoms with van der Waals surface area (Å²) in [6, 6.07) is 7.21. The second-order valence-electron chi connectivity index (χ2n) is 4.89. The quantitative estimate of drug-likeness (QED) is 0.540. The van der Waals surface area contributed by atoms with Crippen molar-refractivity contribution in [2.45, 2.75) is 6.92 Å². The van der Waals surface area contributed by atoms with E-state index in [2.05, 4.69) is 10.1 Å². The van der Waals surface area contributed by atoms with E-state index in [1.54, 1.807) is 18.4 Å². The van der Waals surface area contributed by atoms with Gasteiger partial charge in [0.25, 0.3) is 5.56 Å². The van der Waals surface area contributed by atoms with Crippen molar-refractivity contribution in [1.29, 1.82) is 0 Å². The highest BCUT2D eigenvalue weighted by molar-refractivity contribution is 7.17. The number of hydrogen-bond acceptors (Lipinski definition) is 6. The van der Waals surface area contributed by atoms with Crippen LogP contribution in [0.3, 0.4) is 0 Å². The molecule has 4 aromatic heterocycles. The van der Waals surface area contributed by atoms with Crippen LogP contribution in [0.25, 0.3) is 21.5 Å². The maximum absolute atomic E-state index is 12.7. The molecule has 4 rings (SSSR count). The van der Waals surface area contributed by atoms with Gasteiger partial charge in [0.15, 0.2) is 0 Å². The zero-order valence-corrected chi connectivity index (χ0v) is 12.9. The average Bonchev–Trinajstić information content (AvgIpc) is 3.26. The van der Waals surface area contributed by atoms with Crippen LogP contribution in [0.4, 0.5) is 0 Å². The third kappa shape index (κ3) is 2.40. The third-order valence-corrected chi connectivity index (χ3v) is 4.22. The van der Waals surface area contributed by atoms with E-state index in [-0.39, 0.29) is 5.56 Å². The van der Waals surface area contributed by atoms with Crippen LogP contribution in [0.1, 0.15) is 11.5 Å². The van der Waals surface area contributed by atoms with Crippen LogP contribution in [0, 0.1) is 6.92 Å². The zero-order valence-electron chi connectivity index (χ0n) is 12.1. The summed E-state index contributed by atoms with van der Waals surface area (Å²) >= 11 is 1.40. The lowest BCUT2D eigenvalue weighted by molar-refractivity contribution is 0.527. The molecule has 0 aliphatic heterocycles. The highest BCUT2D eigenvalue weighted by Crippen LogP contribution is 2.30. The number of nitrogens with zero attached hydrogens (tertiary/aromatic N) is 3. The molecule has 0 atom stereocenters. The van der Waals surface area contributed by atoms with Crippen LogP contribution in [-0.2, 0) is 0 Å². The summed E-state index contributed by atoms with van der Waals surface area (Å²) in [6.45, 7) is 1.85. The molecule has 0 aliphatic rings. The molecule has 0 radical (unpaired) electrons. The first-order chi connectivity index (χ1) is 11.2. The first-order valence-electron chi connectivity index (χ1n) is 6.86. The van der Waals surface area contributed by atoms with Crippen LogP contribution in [0.2, 0.25) is 0 Å². The number of furan rings is 2. The van der Waals surface area contributed by atoms with Crippen molar-refractivity contribution in [3.05, 3.63) is 64.1 Å². The van der Waals surface area contributed by atoms with Crippen LogP contribution in [0.5, 0.6) is 0 Å². The lowest BCUT2D eigenvalue weighted by atomic mass is 10.2. The molecule has 0 unspecified atom stereocenters. The summed E-state index contributed by atoms with van der Waals surface area (Å²) in [6.07, 6.45) is 4.46. The highest BCUT2D eigenvalue weighted by Gasteiger charge is 2.14. The molecule has 4 heterocycles. The summed E-state index contributed by atoms with van der Waals surface area (Å²) in [5.41, 5.74) is 0.480. The van der Waals surface area contributed by atoms with Gasteiger partial charge in [0.2, 0.25) is 0 Å². The van der Waals surface area contributed by atoms with E-state index in [0.717, 1.165) is 11.3 Å². The summed E-state index contributed by atoms with van der Waals surface area (Å²) in [4.78, 5) is 17.6. The van der Waals surface area contributed by atoms with Crippen molar-refractivity contribution in [1.82, 2.24) is 9.66 Å². The Kier molecular flexibility index (Phi) is 3.20. The third-order valence-electron chi connectivity index (χ3n) is 3.34. The number of aromatic nitrogens is 2. The smallest absolute Gasteiger partial charge is 0.283 e. The molecule has 0 spiro atoms. The molecule has 114 valence electrons. The summed E-state index contributed by atoms with van der Waals surface area (Å²) in [5, 5.41) is 6.50. The fourth-order valence-corrected chi connectivity index (χ4v) is 3.15. The van der Waals surface area contributed by atoms with Crippen molar-refractivity contribution in [2.75, 3.05) is 0 Å². The SMILES string of the molecule is Cc1ccc(/C=N\n2cnc3scc(-c4ccco4)c3c2=O)o1. The maximum Gasteiger partial charge on any atom is 0.283 e. The van der Waals surface area contributed by atoms with Crippen molar-refractivity contribution in [3.63, 3.8) is 0 Å². The standard InChI is InChI=1S/C16H11N3O3S/c1-10-4-5-11(22-10)7-18-19-9-17-15-14(16(19)20)12(8-23-15)13-3-2-6-21-13/h2-9H,1H3/b18-7-. The maximum atomic E-state index is 12.7.